The van der Waals surface area contributed by atoms with Gasteiger partial charge in [-0.3, -0.25) is 4.55 Å². The molecule has 0 radical (unpaired) electrons. The zero-order valence-electron chi connectivity index (χ0n) is 14.5. The van der Waals surface area contributed by atoms with Crippen molar-refractivity contribution in [3.63, 3.8) is 0 Å². The summed E-state index contributed by atoms with van der Waals surface area (Å²) in [5.41, 5.74) is 5.56. The third kappa shape index (κ3) is 3.50. The van der Waals surface area contributed by atoms with Gasteiger partial charge in [0.25, 0.3) is 10.1 Å². The van der Waals surface area contributed by atoms with E-state index in [1.807, 2.05) is 84.9 Å². The van der Waals surface area contributed by atoms with Gasteiger partial charge in [-0.1, -0.05) is 84.9 Å². The smallest absolute Gasteiger partial charge is 0.282 e. The molecule has 0 saturated carbocycles. The Bertz CT molecular complexity index is 1100. The minimum atomic E-state index is -4.27. The highest BCUT2D eigenvalue weighted by atomic mass is 32.2. The molecule has 0 saturated heterocycles. The van der Waals surface area contributed by atoms with Gasteiger partial charge in [0.05, 0.1) is 4.91 Å². The van der Waals surface area contributed by atoms with E-state index in [0.717, 1.165) is 33.4 Å². The number of rotatable bonds is 3. The largest absolute Gasteiger partial charge is 0.290 e. The second-order valence-corrected chi connectivity index (χ2v) is 7.91. The summed E-state index contributed by atoms with van der Waals surface area (Å²) in [5.74, 6) is 0. The van der Waals surface area contributed by atoms with Crippen LogP contribution < -0.4 is 0 Å². The normalized spacial score (nSPS) is 13.7. The van der Waals surface area contributed by atoms with Crippen LogP contribution in [0, 0.1) is 0 Å². The minimum absolute atomic E-state index is 0.0144. The Morgan fingerprint density at radius 3 is 1.81 bits per heavy atom. The van der Waals surface area contributed by atoms with Gasteiger partial charge in [-0.05, 0) is 39.5 Å². The number of allylic oxidation sites excluding steroid dienone is 3. The monoisotopic (exact) mass is 374 g/mol. The van der Waals surface area contributed by atoms with Crippen molar-refractivity contribution in [2.45, 2.75) is 6.42 Å². The lowest BCUT2D eigenvalue weighted by Crippen LogP contribution is -2.11. The third-order valence-electron chi connectivity index (χ3n) is 4.70. The molecule has 0 aromatic heterocycles. The Morgan fingerprint density at radius 1 is 0.741 bits per heavy atom. The Balaban J connectivity index is 2.10. The van der Waals surface area contributed by atoms with Crippen LogP contribution >= 0.6 is 0 Å². The van der Waals surface area contributed by atoms with E-state index in [4.69, 9.17) is 0 Å². The molecule has 0 unspecified atom stereocenters. The molecule has 1 aliphatic carbocycles. The highest BCUT2D eigenvalue weighted by Gasteiger charge is 2.25. The Hall–Kier alpha value is -2.95. The number of hydrogen-bond acceptors (Lipinski definition) is 2. The Kier molecular flexibility index (Phi) is 4.52. The van der Waals surface area contributed by atoms with E-state index in [-0.39, 0.29) is 11.3 Å². The first-order chi connectivity index (χ1) is 13.0. The molecule has 1 aliphatic rings. The van der Waals surface area contributed by atoms with Gasteiger partial charge in [-0.25, -0.2) is 0 Å². The maximum Gasteiger partial charge on any atom is 0.290 e. The van der Waals surface area contributed by atoms with Crippen molar-refractivity contribution >= 4 is 21.3 Å². The molecule has 0 fully saturated rings. The molecule has 3 aromatic carbocycles. The predicted molar refractivity (Wildman–Crippen MR) is 109 cm³/mol. The third-order valence-corrected chi connectivity index (χ3v) is 5.63. The molecule has 0 amide bonds. The maximum absolute atomic E-state index is 11.9. The van der Waals surface area contributed by atoms with Crippen LogP contribution in [0.2, 0.25) is 0 Å². The molecule has 0 atom stereocenters. The summed E-state index contributed by atoms with van der Waals surface area (Å²) in [4.78, 5) is 0.0144. The molecular formula is C23H18O3S. The van der Waals surface area contributed by atoms with E-state index in [2.05, 4.69) is 0 Å². The van der Waals surface area contributed by atoms with Crippen molar-refractivity contribution in [2.24, 2.45) is 0 Å². The second kappa shape index (κ2) is 6.99. The predicted octanol–water partition coefficient (Wildman–Crippen LogP) is 4.97. The molecule has 27 heavy (non-hydrogen) atoms. The van der Waals surface area contributed by atoms with Gasteiger partial charge in [0, 0.05) is 6.42 Å². The topological polar surface area (TPSA) is 54.4 Å². The summed E-state index contributed by atoms with van der Waals surface area (Å²) in [5, 5.41) is 0. The number of benzene rings is 3. The van der Waals surface area contributed by atoms with E-state index in [0.29, 0.717) is 0 Å². The standard InChI is InChI=1S/C23H18O3S/c24-27(25,26)20-15-19-13-7-8-14-21(19)22(16-20)23(17-9-3-1-4-10-17)18-11-5-2-6-12-18/h1-14,16H,15H2,(H,24,25,26). The zero-order valence-corrected chi connectivity index (χ0v) is 15.4. The van der Waals surface area contributed by atoms with Crippen LogP contribution in [0.15, 0.2) is 95.9 Å². The molecule has 3 aromatic rings. The van der Waals surface area contributed by atoms with Crippen molar-refractivity contribution in [2.75, 3.05) is 0 Å². The van der Waals surface area contributed by atoms with Crippen LogP contribution in [-0.2, 0) is 16.5 Å². The molecule has 0 bridgehead atoms. The first kappa shape index (κ1) is 17.5. The van der Waals surface area contributed by atoms with Crippen molar-refractivity contribution in [1.29, 1.82) is 0 Å². The average Bonchev–Trinajstić information content (AvgIpc) is 2.69. The first-order valence-electron chi connectivity index (χ1n) is 8.65. The van der Waals surface area contributed by atoms with Crippen LogP contribution in [0.5, 0.6) is 0 Å². The van der Waals surface area contributed by atoms with Crippen LogP contribution in [0.1, 0.15) is 22.3 Å². The summed E-state index contributed by atoms with van der Waals surface area (Å²) in [6.07, 6.45) is 1.79. The van der Waals surface area contributed by atoms with E-state index in [9.17, 15) is 13.0 Å². The van der Waals surface area contributed by atoms with Gasteiger partial charge < -0.3 is 0 Å². The van der Waals surface area contributed by atoms with Gasteiger partial charge >= 0.3 is 0 Å². The fourth-order valence-corrected chi connectivity index (χ4v) is 4.08. The van der Waals surface area contributed by atoms with Crippen molar-refractivity contribution < 1.29 is 13.0 Å². The maximum atomic E-state index is 11.9. The molecule has 0 spiro atoms. The summed E-state index contributed by atoms with van der Waals surface area (Å²) < 4.78 is 33.5. The van der Waals surface area contributed by atoms with Crippen molar-refractivity contribution in [1.82, 2.24) is 0 Å². The van der Waals surface area contributed by atoms with Crippen molar-refractivity contribution in [3.05, 3.63) is 118 Å². The quantitative estimate of drug-likeness (QED) is 0.658. The lowest BCUT2D eigenvalue weighted by atomic mass is 9.84. The minimum Gasteiger partial charge on any atom is -0.282 e. The Morgan fingerprint density at radius 2 is 1.26 bits per heavy atom. The lowest BCUT2D eigenvalue weighted by Gasteiger charge is -2.22. The lowest BCUT2D eigenvalue weighted by molar-refractivity contribution is 0.490. The summed E-state index contributed by atoms with van der Waals surface area (Å²) >= 11 is 0. The highest BCUT2D eigenvalue weighted by molar-refractivity contribution is 7.89. The van der Waals surface area contributed by atoms with Gasteiger partial charge in [-0.15, -0.1) is 0 Å². The Labute approximate surface area is 159 Å². The van der Waals surface area contributed by atoms with Crippen LogP contribution in [0.3, 0.4) is 0 Å². The van der Waals surface area contributed by atoms with Gasteiger partial charge in [0.15, 0.2) is 0 Å². The summed E-state index contributed by atoms with van der Waals surface area (Å²) in [6, 6.07) is 27.5. The van der Waals surface area contributed by atoms with Crippen LogP contribution in [0.25, 0.3) is 11.1 Å². The molecule has 0 heterocycles. The average molecular weight is 374 g/mol. The van der Waals surface area contributed by atoms with Gasteiger partial charge in [0.2, 0.25) is 0 Å². The number of hydrogen-bond donors (Lipinski definition) is 1. The summed E-state index contributed by atoms with van der Waals surface area (Å²) in [6.45, 7) is 0. The molecule has 3 nitrogen and oxygen atoms in total. The fraction of sp³-hybridized carbons (Fsp3) is 0.0435. The van der Waals surface area contributed by atoms with E-state index in [1.165, 1.54) is 0 Å². The molecular weight excluding hydrogens is 356 g/mol. The van der Waals surface area contributed by atoms with Gasteiger partial charge in [0.1, 0.15) is 0 Å². The first-order valence-corrected chi connectivity index (χ1v) is 10.1. The van der Waals surface area contributed by atoms with Gasteiger partial charge in [-0.2, -0.15) is 8.42 Å². The zero-order chi connectivity index (χ0) is 18.9. The molecule has 1 N–H and O–H groups in total. The van der Waals surface area contributed by atoms with E-state index < -0.39 is 10.1 Å². The van der Waals surface area contributed by atoms with E-state index >= 15 is 0 Å². The molecule has 4 heteroatoms. The highest BCUT2D eigenvalue weighted by Crippen LogP contribution is 2.39. The van der Waals surface area contributed by atoms with Crippen molar-refractivity contribution in [3.8, 4) is 0 Å². The molecule has 4 rings (SSSR count). The SMILES string of the molecule is O=S(=O)(O)C1=CC(=C(c2ccccc2)c2ccccc2)c2ccccc2C1. The summed E-state index contributed by atoms with van der Waals surface area (Å²) in [7, 11) is -4.27. The van der Waals surface area contributed by atoms with Crippen LogP contribution in [0.4, 0.5) is 0 Å². The van der Waals surface area contributed by atoms with E-state index in [1.54, 1.807) is 6.08 Å². The molecule has 134 valence electrons. The second-order valence-electron chi connectivity index (χ2n) is 6.44. The fourth-order valence-electron chi connectivity index (χ4n) is 3.47. The number of fused-ring (bicyclic) bond motifs is 1. The van der Waals surface area contributed by atoms with Crippen LogP contribution in [-0.4, -0.2) is 13.0 Å². The molecule has 0 aliphatic heterocycles.